The number of amides is 1. The maximum absolute atomic E-state index is 13.5. The molecule has 0 aromatic heterocycles. The average molecular weight is 518 g/mol. The molecule has 0 aliphatic carbocycles. The largest absolute Gasteiger partial charge is 0.495 e. The third-order valence-corrected chi connectivity index (χ3v) is 6.86. The van der Waals surface area contributed by atoms with Crippen LogP contribution >= 0.6 is 11.6 Å². The van der Waals surface area contributed by atoms with Crippen LogP contribution in [0, 0.1) is 0 Å². The number of anilines is 1. The second-order valence-electron chi connectivity index (χ2n) is 7.02. The van der Waals surface area contributed by atoms with Gasteiger partial charge in [0, 0.05) is 10.6 Å². The van der Waals surface area contributed by atoms with Crippen LogP contribution in [0.3, 0.4) is 0 Å². The summed E-state index contributed by atoms with van der Waals surface area (Å²) < 4.78 is 43.8. The maximum atomic E-state index is 13.5. The van der Waals surface area contributed by atoms with Crippen molar-refractivity contribution in [2.75, 3.05) is 32.2 Å². The number of para-hydroxylation sites is 1. The van der Waals surface area contributed by atoms with Gasteiger partial charge in [-0.2, -0.15) is 5.10 Å². The van der Waals surface area contributed by atoms with Gasteiger partial charge in [-0.1, -0.05) is 35.9 Å². The van der Waals surface area contributed by atoms with Crippen molar-refractivity contribution in [3.8, 4) is 17.2 Å². The Hall–Kier alpha value is -3.76. The molecule has 0 unspecified atom stereocenters. The van der Waals surface area contributed by atoms with E-state index in [9.17, 15) is 13.2 Å². The van der Waals surface area contributed by atoms with Crippen molar-refractivity contribution >= 4 is 39.4 Å². The molecule has 0 saturated carbocycles. The molecule has 35 heavy (non-hydrogen) atoms. The summed E-state index contributed by atoms with van der Waals surface area (Å²) in [5.41, 5.74) is 3.01. The molecule has 11 heteroatoms. The SMILES string of the molecule is COc1ccc(Cl)cc1N(CC(=O)N/N=C\c1cccc(OC)c1OC)S(=O)(=O)c1ccccc1. The quantitative estimate of drug-likeness (QED) is 0.324. The zero-order valence-corrected chi connectivity index (χ0v) is 20.8. The van der Waals surface area contributed by atoms with E-state index in [4.69, 9.17) is 25.8 Å². The van der Waals surface area contributed by atoms with E-state index in [1.165, 1.54) is 51.8 Å². The molecule has 0 saturated heterocycles. The van der Waals surface area contributed by atoms with Crippen LogP contribution in [-0.4, -0.2) is 48.4 Å². The molecule has 3 aromatic rings. The first kappa shape index (κ1) is 25.9. The summed E-state index contributed by atoms with van der Waals surface area (Å²) in [6.45, 7) is -0.583. The monoisotopic (exact) mass is 517 g/mol. The lowest BCUT2D eigenvalue weighted by molar-refractivity contribution is -0.119. The van der Waals surface area contributed by atoms with Crippen LogP contribution < -0.4 is 23.9 Å². The Kier molecular flexibility index (Phi) is 8.56. The first-order valence-corrected chi connectivity index (χ1v) is 12.1. The molecule has 0 aliphatic rings. The molecule has 0 atom stereocenters. The Morgan fingerprint density at radius 3 is 2.34 bits per heavy atom. The molecule has 184 valence electrons. The van der Waals surface area contributed by atoms with Gasteiger partial charge in [0.25, 0.3) is 15.9 Å². The van der Waals surface area contributed by atoms with Gasteiger partial charge in [-0.05, 0) is 42.5 Å². The Bertz CT molecular complexity index is 1320. The molecular weight excluding hydrogens is 494 g/mol. The number of hydrogen-bond acceptors (Lipinski definition) is 7. The summed E-state index contributed by atoms with van der Waals surface area (Å²) in [7, 11) is 0.236. The lowest BCUT2D eigenvalue weighted by atomic mass is 10.2. The average Bonchev–Trinajstić information content (AvgIpc) is 2.87. The van der Waals surface area contributed by atoms with Crippen LogP contribution in [0.25, 0.3) is 0 Å². The third kappa shape index (κ3) is 6.03. The molecule has 3 aromatic carbocycles. The number of methoxy groups -OCH3 is 3. The van der Waals surface area contributed by atoms with Crippen molar-refractivity contribution in [1.82, 2.24) is 5.43 Å². The number of hydrogen-bond donors (Lipinski definition) is 1. The van der Waals surface area contributed by atoms with Gasteiger partial charge in [0.05, 0.1) is 38.1 Å². The van der Waals surface area contributed by atoms with Gasteiger partial charge >= 0.3 is 0 Å². The third-order valence-electron chi connectivity index (χ3n) is 4.85. The van der Waals surface area contributed by atoms with Crippen LogP contribution in [0.1, 0.15) is 5.56 Å². The fraction of sp³-hybridized carbons (Fsp3) is 0.167. The molecule has 0 heterocycles. The Morgan fingerprint density at radius 2 is 1.69 bits per heavy atom. The minimum absolute atomic E-state index is 0.000512. The van der Waals surface area contributed by atoms with Gasteiger partial charge in [0.1, 0.15) is 12.3 Å². The van der Waals surface area contributed by atoms with Gasteiger partial charge in [-0.3, -0.25) is 9.10 Å². The van der Waals surface area contributed by atoms with E-state index in [0.29, 0.717) is 17.1 Å². The minimum atomic E-state index is -4.15. The molecule has 0 bridgehead atoms. The number of carbonyl (C=O) groups is 1. The summed E-state index contributed by atoms with van der Waals surface area (Å²) in [5, 5.41) is 4.22. The van der Waals surface area contributed by atoms with E-state index in [1.807, 2.05) is 0 Å². The van der Waals surface area contributed by atoms with E-state index in [2.05, 4.69) is 10.5 Å². The number of nitrogens with zero attached hydrogens (tertiary/aromatic N) is 2. The van der Waals surface area contributed by atoms with E-state index >= 15 is 0 Å². The summed E-state index contributed by atoms with van der Waals surface area (Å²) in [5.74, 6) is 0.469. The van der Waals surface area contributed by atoms with E-state index < -0.39 is 22.5 Å². The predicted molar refractivity (Wildman–Crippen MR) is 134 cm³/mol. The molecule has 0 radical (unpaired) electrons. The molecule has 0 spiro atoms. The number of rotatable bonds is 10. The second kappa shape index (κ2) is 11.6. The first-order chi connectivity index (χ1) is 16.8. The molecule has 1 N–H and O–H groups in total. The van der Waals surface area contributed by atoms with E-state index in [-0.39, 0.29) is 21.4 Å². The second-order valence-corrected chi connectivity index (χ2v) is 9.32. The zero-order valence-electron chi connectivity index (χ0n) is 19.3. The minimum Gasteiger partial charge on any atom is -0.495 e. The highest BCUT2D eigenvalue weighted by Gasteiger charge is 2.29. The van der Waals surface area contributed by atoms with Crippen LogP contribution in [0.2, 0.25) is 5.02 Å². The van der Waals surface area contributed by atoms with Crippen molar-refractivity contribution in [3.63, 3.8) is 0 Å². The van der Waals surface area contributed by atoms with Crippen molar-refractivity contribution in [2.45, 2.75) is 4.90 Å². The Morgan fingerprint density at radius 1 is 0.971 bits per heavy atom. The topological polar surface area (TPSA) is 107 Å². The smallest absolute Gasteiger partial charge is 0.264 e. The van der Waals surface area contributed by atoms with Crippen LogP contribution in [0.4, 0.5) is 5.69 Å². The van der Waals surface area contributed by atoms with Crippen LogP contribution in [0.5, 0.6) is 17.2 Å². The number of benzene rings is 3. The number of ether oxygens (including phenoxy) is 3. The molecular formula is C24H24ClN3O6S. The standard InChI is InChI=1S/C24H24ClN3O6S/c1-32-21-13-12-18(25)14-20(21)28(35(30,31)19-9-5-4-6-10-19)16-23(29)27-26-15-17-8-7-11-22(33-2)24(17)34-3/h4-15H,16H2,1-3H3,(H,27,29)/b26-15-. The highest BCUT2D eigenvalue weighted by molar-refractivity contribution is 7.92. The van der Waals surface area contributed by atoms with Crippen molar-refractivity contribution in [1.29, 1.82) is 0 Å². The number of hydrazone groups is 1. The normalized spacial score (nSPS) is 11.2. The summed E-state index contributed by atoms with van der Waals surface area (Å²) in [6.07, 6.45) is 1.37. The van der Waals surface area contributed by atoms with Crippen molar-refractivity contribution < 1.29 is 27.4 Å². The molecule has 9 nitrogen and oxygen atoms in total. The lowest BCUT2D eigenvalue weighted by Crippen LogP contribution is -2.39. The highest BCUT2D eigenvalue weighted by atomic mass is 35.5. The highest BCUT2D eigenvalue weighted by Crippen LogP contribution is 2.34. The molecule has 0 fully saturated rings. The zero-order chi connectivity index (χ0) is 25.4. The van der Waals surface area contributed by atoms with Gasteiger partial charge in [0.2, 0.25) is 0 Å². The Labute approximate surface area is 208 Å². The fourth-order valence-electron chi connectivity index (χ4n) is 3.23. The van der Waals surface area contributed by atoms with Gasteiger partial charge in [-0.15, -0.1) is 0 Å². The first-order valence-electron chi connectivity index (χ1n) is 10.3. The fourth-order valence-corrected chi connectivity index (χ4v) is 4.84. The summed E-state index contributed by atoms with van der Waals surface area (Å²) >= 11 is 6.13. The summed E-state index contributed by atoms with van der Waals surface area (Å²) in [4.78, 5) is 12.8. The van der Waals surface area contributed by atoms with Crippen LogP contribution in [0.15, 0.2) is 76.7 Å². The molecule has 1 amide bonds. The number of halogens is 1. The molecule has 0 aliphatic heterocycles. The summed E-state index contributed by atoms with van der Waals surface area (Å²) in [6, 6.07) is 17.4. The number of carbonyl (C=O) groups excluding carboxylic acids is 1. The van der Waals surface area contributed by atoms with E-state index in [1.54, 1.807) is 42.5 Å². The number of nitrogens with one attached hydrogen (secondary N) is 1. The van der Waals surface area contributed by atoms with E-state index in [0.717, 1.165) is 4.31 Å². The lowest BCUT2D eigenvalue weighted by Gasteiger charge is -2.25. The van der Waals surface area contributed by atoms with Crippen LogP contribution in [-0.2, 0) is 14.8 Å². The molecule has 3 rings (SSSR count). The van der Waals surface area contributed by atoms with Gasteiger partial charge < -0.3 is 14.2 Å². The van der Waals surface area contributed by atoms with Crippen molar-refractivity contribution in [2.24, 2.45) is 5.10 Å². The van der Waals surface area contributed by atoms with Gasteiger partial charge in [-0.25, -0.2) is 13.8 Å². The predicted octanol–water partition coefficient (Wildman–Crippen LogP) is 3.71. The Balaban J connectivity index is 1.91. The number of sulfonamides is 1. The van der Waals surface area contributed by atoms with Gasteiger partial charge in [0.15, 0.2) is 11.5 Å². The maximum Gasteiger partial charge on any atom is 0.264 e. The van der Waals surface area contributed by atoms with Crippen molar-refractivity contribution in [3.05, 3.63) is 77.3 Å².